The van der Waals surface area contributed by atoms with Crippen molar-refractivity contribution in [3.8, 4) is 0 Å². The van der Waals surface area contributed by atoms with Crippen molar-refractivity contribution < 1.29 is 14.3 Å². The normalized spacial score (nSPS) is 31.4. The number of carbonyl (C=O) groups is 2. The van der Waals surface area contributed by atoms with E-state index in [0.717, 1.165) is 44.1 Å². The topological polar surface area (TPSA) is 43.4 Å². The molecule has 3 aliphatic rings. The number of rotatable bonds is 1. The molecule has 0 bridgehead atoms. The van der Waals surface area contributed by atoms with E-state index in [2.05, 4.69) is 18.7 Å². The highest BCUT2D eigenvalue weighted by atomic mass is 32.1. The van der Waals surface area contributed by atoms with Gasteiger partial charge < -0.3 is 4.74 Å². The highest BCUT2D eigenvalue weighted by Gasteiger charge is 2.53. The quantitative estimate of drug-likeness (QED) is 0.457. The van der Waals surface area contributed by atoms with E-state index in [1.54, 1.807) is 0 Å². The van der Waals surface area contributed by atoms with Gasteiger partial charge in [0.05, 0.1) is 5.57 Å². The van der Waals surface area contributed by atoms with Gasteiger partial charge in [-0.2, -0.15) is 12.6 Å². The highest BCUT2D eigenvalue weighted by molar-refractivity contribution is 7.83. The number of ether oxygens (including phenoxy) is 1. The Morgan fingerprint density at radius 2 is 1.85 bits per heavy atom. The fraction of sp³-hybridized carbons (Fsp3) is 0.625. The Hall–Kier alpha value is -1.03. The summed E-state index contributed by atoms with van der Waals surface area (Å²) in [5.41, 5.74) is 2.84. The zero-order chi connectivity index (χ0) is 14.2. The number of esters is 2. The maximum Gasteiger partial charge on any atom is 0.344 e. The summed E-state index contributed by atoms with van der Waals surface area (Å²) in [5, 5.41) is 0. The van der Waals surface area contributed by atoms with Crippen LogP contribution in [0.2, 0.25) is 0 Å². The number of hydrogen-bond acceptors (Lipinski definition) is 4. The SMILES string of the molecule is O=C1OC(=O)C2(S)CCCCC(C3=CCCCCC3)=C12. The molecule has 1 heterocycles. The van der Waals surface area contributed by atoms with E-state index < -0.39 is 16.7 Å². The number of carbonyl (C=O) groups excluding carboxylic acids is 2. The largest absolute Gasteiger partial charge is 0.388 e. The number of allylic oxidation sites excluding steroid dienone is 3. The van der Waals surface area contributed by atoms with E-state index in [1.807, 2.05) is 0 Å². The van der Waals surface area contributed by atoms with Crippen molar-refractivity contribution in [2.75, 3.05) is 0 Å². The molecule has 20 heavy (non-hydrogen) atoms. The van der Waals surface area contributed by atoms with Gasteiger partial charge >= 0.3 is 11.9 Å². The van der Waals surface area contributed by atoms with Crippen molar-refractivity contribution in [1.29, 1.82) is 0 Å². The second kappa shape index (κ2) is 5.40. The number of cyclic esters (lactones) is 2. The van der Waals surface area contributed by atoms with Crippen LogP contribution in [0.3, 0.4) is 0 Å². The van der Waals surface area contributed by atoms with E-state index in [9.17, 15) is 9.59 Å². The Kier molecular flexibility index (Phi) is 3.76. The minimum Gasteiger partial charge on any atom is -0.388 e. The van der Waals surface area contributed by atoms with Crippen molar-refractivity contribution >= 4 is 24.6 Å². The first-order valence-electron chi connectivity index (χ1n) is 7.55. The van der Waals surface area contributed by atoms with Crippen molar-refractivity contribution in [1.82, 2.24) is 0 Å². The maximum atomic E-state index is 12.1. The van der Waals surface area contributed by atoms with Crippen molar-refractivity contribution in [2.45, 2.75) is 62.5 Å². The standard InChI is InChI=1S/C16H20O3S/c17-14-13-12(11-7-3-1-2-4-8-11)9-5-6-10-16(13,20)15(18)19-14/h7,20H,1-6,8-10H2. The van der Waals surface area contributed by atoms with E-state index >= 15 is 0 Å². The van der Waals surface area contributed by atoms with Crippen LogP contribution >= 0.6 is 12.6 Å². The smallest absolute Gasteiger partial charge is 0.344 e. The molecule has 3 rings (SSSR count). The number of thiol groups is 1. The van der Waals surface area contributed by atoms with E-state index in [-0.39, 0.29) is 0 Å². The summed E-state index contributed by atoms with van der Waals surface area (Å²) in [6, 6.07) is 0. The molecule has 0 aromatic rings. The van der Waals surface area contributed by atoms with E-state index in [0.29, 0.717) is 12.0 Å². The Balaban J connectivity index is 2.09. The Morgan fingerprint density at radius 3 is 2.70 bits per heavy atom. The number of fused-ring (bicyclic) bond motifs is 1. The molecule has 1 aliphatic heterocycles. The summed E-state index contributed by atoms with van der Waals surface area (Å²) in [4.78, 5) is 24.2. The summed E-state index contributed by atoms with van der Waals surface area (Å²) in [6.07, 6.45) is 11.3. The Morgan fingerprint density at radius 1 is 1.05 bits per heavy atom. The molecule has 1 saturated heterocycles. The van der Waals surface area contributed by atoms with Gasteiger partial charge in [0.2, 0.25) is 0 Å². The minimum atomic E-state index is -1.00. The molecule has 0 amide bonds. The first-order chi connectivity index (χ1) is 9.63. The fourth-order valence-corrected chi connectivity index (χ4v) is 3.94. The summed E-state index contributed by atoms with van der Waals surface area (Å²) in [6.45, 7) is 0. The zero-order valence-corrected chi connectivity index (χ0v) is 12.5. The van der Waals surface area contributed by atoms with Gasteiger partial charge in [0.1, 0.15) is 4.75 Å². The van der Waals surface area contributed by atoms with E-state index in [4.69, 9.17) is 4.74 Å². The van der Waals surface area contributed by atoms with Crippen LogP contribution < -0.4 is 0 Å². The van der Waals surface area contributed by atoms with Gasteiger partial charge in [-0.15, -0.1) is 0 Å². The van der Waals surface area contributed by atoms with E-state index in [1.165, 1.54) is 18.4 Å². The number of hydrogen-bond donors (Lipinski definition) is 1. The van der Waals surface area contributed by atoms with Gasteiger partial charge in [0.15, 0.2) is 0 Å². The van der Waals surface area contributed by atoms with Gasteiger partial charge in [-0.3, -0.25) is 0 Å². The van der Waals surface area contributed by atoms with Crippen LogP contribution in [0.25, 0.3) is 0 Å². The van der Waals surface area contributed by atoms with Gasteiger partial charge in [-0.1, -0.05) is 18.9 Å². The molecular weight excluding hydrogens is 272 g/mol. The lowest BCUT2D eigenvalue weighted by molar-refractivity contribution is -0.152. The molecule has 1 atom stereocenters. The van der Waals surface area contributed by atoms with Gasteiger partial charge in [0.25, 0.3) is 0 Å². The molecular formula is C16H20O3S. The van der Waals surface area contributed by atoms with Crippen molar-refractivity contribution in [3.05, 3.63) is 22.8 Å². The van der Waals surface area contributed by atoms with Crippen molar-refractivity contribution in [2.24, 2.45) is 0 Å². The van der Waals surface area contributed by atoms with Gasteiger partial charge in [0, 0.05) is 0 Å². The molecule has 0 aromatic heterocycles. The molecule has 0 N–H and O–H groups in total. The lowest BCUT2D eigenvalue weighted by Gasteiger charge is -2.19. The third kappa shape index (κ3) is 2.24. The second-order valence-corrected chi connectivity index (χ2v) is 6.69. The van der Waals surface area contributed by atoms with Crippen molar-refractivity contribution in [3.63, 3.8) is 0 Å². The predicted molar refractivity (Wildman–Crippen MR) is 79.5 cm³/mol. The summed E-state index contributed by atoms with van der Waals surface area (Å²) in [7, 11) is 0. The van der Waals surface area contributed by atoms with Crippen LogP contribution in [0, 0.1) is 0 Å². The van der Waals surface area contributed by atoms with Crippen LogP contribution in [-0.2, 0) is 14.3 Å². The van der Waals surface area contributed by atoms with Crippen LogP contribution in [0.1, 0.15) is 57.8 Å². The third-order valence-electron chi connectivity index (χ3n) is 4.59. The molecule has 3 nitrogen and oxygen atoms in total. The fourth-order valence-electron chi connectivity index (χ4n) is 3.51. The molecule has 0 saturated carbocycles. The third-order valence-corrected chi connectivity index (χ3v) is 5.22. The molecule has 2 aliphatic carbocycles. The van der Waals surface area contributed by atoms with Gasteiger partial charge in [-0.05, 0) is 56.1 Å². The van der Waals surface area contributed by atoms with Crippen LogP contribution in [-0.4, -0.2) is 16.7 Å². The average Bonchev–Trinajstić information content (AvgIpc) is 2.68. The van der Waals surface area contributed by atoms with Crippen LogP contribution in [0.4, 0.5) is 0 Å². The summed E-state index contributed by atoms with van der Waals surface area (Å²) in [5.74, 6) is -0.943. The Bertz CT molecular complexity index is 518. The maximum absolute atomic E-state index is 12.1. The van der Waals surface area contributed by atoms with Crippen LogP contribution in [0.5, 0.6) is 0 Å². The molecule has 108 valence electrons. The predicted octanol–water partition coefficient (Wildman–Crippen LogP) is 3.50. The lowest BCUT2D eigenvalue weighted by Crippen LogP contribution is -2.29. The Labute approximate surface area is 124 Å². The molecule has 0 radical (unpaired) electrons. The van der Waals surface area contributed by atoms with Crippen LogP contribution in [0.15, 0.2) is 22.8 Å². The van der Waals surface area contributed by atoms with Gasteiger partial charge in [-0.25, -0.2) is 9.59 Å². The first kappa shape index (κ1) is 13.9. The molecule has 4 heteroatoms. The molecule has 1 fully saturated rings. The highest BCUT2D eigenvalue weighted by Crippen LogP contribution is 2.45. The lowest BCUT2D eigenvalue weighted by atomic mass is 9.88. The second-order valence-electron chi connectivity index (χ2n) is 5.93. The average molecular weight is 292 g/mol. The molecule has 1 unspecified atom stereocenters. The molecule has 0 spiro atoms. The summed E-state index contributed by atoms with van der Waals surface area (Å²) < 4.78 is 3.88. The molecule has 0 aromatic carbocycles. The first-order valence-corrected chi connectivity index (χ1v) is 7.99. The minimum absolute atomic E-state index is 0.466. The zero-order valence-electron chi connectivity index (χ0n) is 11.6. The summed E-state index contributed by atoms with van der Waals surface area (Å²) >= 11 is 4.56. The monoisotopic (exact) mass is 292 g/mol.